The van der Waals surface area contributed by atoms with Crippen molar-refractivity contribution < 1.29 is 9.84 Å². The third-order valence-corrected chi connectivity index (χ3v) is 3.86. The average molecular weight is 287 g/mol. The molecule has 0 aromatic heterocycles. The van der Waals surface area contributed by atoms with Crippen LogP contribution in [0.3, 0.4) is 0 Å². The number of hydrogen-bond donors (Lipinski definition) is 2. The Balaban J connectivity index is 2.17. The fourth-order valence-corrected chi connectivity index (χ4v) is 2.48. The Kier molecular flexibility index (Phi) is 5.59. The molecule has 1 unspecified atom stereocenters. The molecule has 114 valence electrons. The Hall–Kier alpha value is -1.58. The van der Waals surface area contributed by atoms with Gasteiger partial charge in [0.1, 0.15) is 5.75 Å². The SMILES string of the molecule is CCOCC(NCc1c(O)ccc2ccccc12)C(C)C. The lowest BCUT2D eigenvalue weighted by Gasteiger charge is -2.23. The van der Waals surface area contributed by atoms with Crippen molar-refractivity contribution in [2.45, 2.75) is 33.4 Å². The molecule has 0 spiro atoms. The highest BCUT2D eigenvalue weighted by Crippen LogP contribution is 2.27. The Morgan fingerprint density at radius 3 is 2.62 bits per heavy atom. The molecule has 0 aliphatic heterocycles. The molecule has 21 heavy (non-hydrogen) atoms. The average Bonchev–Trinajstić information content (AvgIpc) is 2.48. The number of aromatic hydroxyl groups is 1. The number of fused-ring (bicyclic) bond motifs is 1. The first-order chi connectivity index (χ1) is 10.1. The van der Waals surface area contributed by atoms with Gasteiger partial charge in [-0.25, -0.2) is 0 Å². The van der Waals surface area contributed by atoms with Gasteiger partial charge in [0, 0.05) is 24.8 Å². The first-order valence-corrected chi connectivity index (χ1v) is 7.64. The summed E-state index contributed by atoms with van der Waals surface area (Å²) in [5.41, 5.74) is 0.954. The lowest BCUT2D eigenvalue weighted by atomic mass is 10.0. The fraction of sp³-hybridized carbons (Fsp3) is 0.444. The van der Waals surface area contributed by atoms with Crippen molar-refractivity contribution in [2.75, 3.05) is 13.2 Å². The summed E-state index contributed by atoms with van der Waals surface area (Å²) < 4.78 is 5.54. The van der Waals surface area contributed by atoms with E-state index in [1.807, 2.05) is 25.1 Å². The summed E-state index contributed by atoms with van der Waals surface area (Å²) in [6.07, 6.45) is 0. The van der Waals surface area contributed by atoms with Gasteiger partial charge in [-0.05, 0) is 29.7 Å². The molecule has 0 bridgehead atoms. The van der Waals surface area contributed by atoms with Gasteiger partial charge in [0.2, 0.25) is 0 Å². The summed E-state index contributed by atoms with van der Waals surface area (Å²) in [7, 11) is 0. The first kappa shape index (κ1) is 15.8. The lowest BCUT2D eigenvalue weighted by Crippen LogP contribution is -2.37. The molecule has 2 rings (SSSR count). The first-order valence-electron chi connectivity index (χ1n) is 7.64. The number of phenolic OH excluding ortho intramolecular Hbond substituents is 1. The molecule has 1 atom stereocenters. The van der Waals surface area contributed by atoms with Crippen LogP contribution in [0, 0.1) is 5.92 Å². The van der Waals surface area contributed by atoms with Crippen molar-refractivity contribution >= 4 is 10.8 Å². The maximum absolute atomic E-state index is 10.2. The normalized spacial score (nSPS) is 13.0. The zero-order valence-electron chi connectivity index (χ0n) is 13.1. The van der Waals surface area contributed by atoms with Gasteiger partial charge >= 0.3 is 0 Å². The highest BCUT2D eigenvalue weighted by atomic mass is 16.5. The van der Waals surface area contributed by atoms with E-state index in [-0.39, 0.29) is 6.04 Å². The predicted octanol–water partition coefficient (Wildman–Crippen LogP) is 3.70. The topological polar surface area (TPSA) is 41.5 Å². The summed E-state index contributed by atoms with van der Waals surface area (Å²) >= 11 is 0. The molecule has 0 saturated heterocycles. The minimum absolute atomic E-state index is 0.281. The summed E-state index contributed by atoms with van der Waals surface area (Å²) in [6.45, 7) is 8.43. The summed E-state index contributed by atoms with van der Waals surface area (Å²) in [5, 5.41) is 15.9. The number of benzene rings is 2. The van der Waals surface area contributed by atoms with Crippen LogP contribution < -0.4 is 5.32 Å². The quantitative estimate of drug-likeness (QED) is 0.816. The van der Waals surface area contributed by atoms with E-state index >= 15 is 0 Å². The van der Waals surface area contributed by atoms with Gasteiger partial charge in [0.15, 0.2) is 0 Å². The van der Waals surface area contributed by atoms with Crippen LogP contribution >= 0.6 is 0 Å². The van der Waals surface area contributed by atoms with Gasteiger partial charge in [-0.1, -0.05) is 44.2 Å². The Labute approximate surface area is 126 Å². The second-order valence-corrected chi connectivity index (χ2v) is 5.68. The predicted molar refractivity (Wildman–Crippen MR) is 87.6 cm³/mol. The maximum Gasteiger partial charge on any atom is 0.120 e. The van der Waals surface area contributed by atoms with E-state index in [9.17, 15) is 5.11 Å². The van der Waals surface area contributed by atoms with Crippen LogP contribution in [-0.2, 0) is 11.3 Å². The van der Waals surface area contributed by atoms with Crippen LogP contribution in [0.1, 0.15) is 26.3 Å². The van der Waals surface area contributed by atoms with Crippen molar-refractivity contribution in [1.82, 2.24) is 5.32 Å². The van der Waals surface area contributed by atoms with Crippen molar-refractivity contribution in [2.24, 2.45) is 5.92 Å². The van der Waals surface area contributed by atoms with Crippen LogP contribution in [0.15, 0.2) is 36.4 Å². The zero-order chi connectivity index (χ0) is 15.2. The van der Waals surface area contributed by atoms with Crippen LogP contribution in [0.5, 0.6) is 5.75 Å². The van der Waals surface area contributed by atoms with E-state index in [4.69, 9.17) is 4.74 Å². The molecule has 3 nitrogen and oxygen atoms in total. The fourth-order valence-electron chi connectivity index (χ4n) is 2.48. The Morgan fingerprint density at radius 1 is 1.14 bits per heavy atom. The number of hydrogen-bond acceptors (Lipinski definition) is 3. The second kappa shape index (κ2) is 7.43. The molecule has 0 amide bonds. The summed E-state index contributed by atoms with van der Waals surface area (Å²) in [5.74, 6) is 0.828. The van der Waals surface area contributed by atoms with Gasteiger partial charge in [-0.3, -0.25) is 0 Å². The summed E-state index contributed by atoms with van der Waals surface area (Å²) in [6, 6.07) is 12.1. The molecule has 3 heteroatoms. The minimum Gasteiger partial charge on any atom is -0.508 e. The molecule has 0 aliphatic rings. The molecule has 2 aromatic carbocycles. The molecule has 0 fully saturated rings. The van der Waals surface area contributed by atoms with Gasteiger partial charge in [0.25, 0.3) is 0 Å². The number of rotatable bonds is 7. The van der Waals surface area contributed by atoms with Crippen molar-refractivity contribution in [3.05, 3.63) is 42.0 Å². The molecule has 0 saturated carbocycles. The second-order valence-electron chi connectivity index (χ2n) is 5.68. The third-order valence-electron chi connectivity index (χ3n) is 3.86. The maximum atomic E-state index is 10.2. The Bertz CT molecular complexity index is 580. The molecular formula is C18H25NO2. The largest absolute Gasteiger partial charge is 0.508 e. The van der Waals surface area contributed by atoms with Crippen LogP contribution in [0.25, 0.3) is 10.8 Å². The molecule has 0 aliphatic carbocycles. The van der Waals surface area contributed by atoms with Gasteiger partial charge in [-0.2, -0.15) is 0 Å². The van der Waals surface area contributed by atoms with Gasteiger partial charge in [-0.15, -0.1) is 0 Å². The van der Waals surface area contributed by atoms with Crippen LogP contribution in [0.2, 0.25) is 0 Å². The smallest absolute Gasteiger partial charge is 0.120 e. The molecule has 0 heterocycles. The number of phenols is 1. The lowest BCUT2D eigenvalue weighted by molar-refractivity contribution is 0.108. The standard InChI is InChI=1S/C18H25NO2/c1-4-21-12-17(13(2)3)19-11-16-15-8-6-5-7-14(15)9-10-18(16)20/h5-10,13,17,19-20H,4,11-12H2,1-3H3. The van der Waals surface area contributed by atoms with Gasteiger partial charge in [0.05, 0.1) is 6.61 Å². The van der Waals surface area contributed by atoms with Gasteiger partial charge < -0.3 is 15.2 Å². The highest BCUT2D eigenvalue weighted by Gasteiger charge is 2.14. The molecule has 0 radical (unpaired) electrons. The van der Waals surface area contributed by atoms with Crippen LogP contribution in [-0.4, -0.2) is 24.4 Å². The molecule has 2 N–H and O–H groups in total. The Morgan fingerprint density at radius 2 is 1.90 bits per heavy atom. The van der Waals surface area contributed by atoms with E-state index in [0.29, 0.717) is 24.8 Å². The van der Waals surface area contributed by atoms with Crippen LogP contribution in [0.4, 0.5) is 0 Å². The highest BCUT2D eigenvalue weighted by molar-refractivity contribution is 5.87. The molecule has 2 aromatic rings. The van der Waals surface area contributed by atoms with E-state index in [1.165, 1.54) is 0 Å². The third kappa shape index (κ3) is 3.96. The van der Waals surface area contributed by atoms with E-state index in [2.05, 4.69) is 31.3 Å². The number of ether oxygens (including phenoxy) is 1. The van der Waals surface area contributed by atoms with E-state index < -0.39 is 0 Å². The monoisotopic (exact) mass is 287 g/mol. The number of nitrogens with one attached hydrogen (secondary N) is 1. The van der Waals surface area contributed by atoms with Crippen molar-refractivity contribution in [3.8, 4) is 5.75 Å². The van der Waals surface area contributed by atoms with E-state index in [0.717, 1.165) is 22.9 Å². The summed E-state index contributed by atoms with van der Waals surface area (Å²) in [4.78, 5) is 0. The van der Waals surface area contributed by atoms with Crippen molar-refractivity contribution in [1.29, 1.82) is 0 Å². The molecular weight excluding hydrogens is 262 g/mol. The van der Waals surface area contributed by atoms with Crippen molar-refractivity contribution in [3.63, 3.8) is 0 Å². The zero-order valence-corrected chi connectivity index (χ0v) is 13.1. The minimum atomic E-state index is 0.281. The van der Waals surface area contributed by atoms with E-state index in [1.54, 1.807) is 6.07 Å².